The third kappa shape index (κ3) is 4.13. The van der Waals surface area contributed by atoms with Crippen LogP contribution in [0.4, 0.5) is 0 Å². The van der Waals surface area contributed by atoms with Gasteiger partial charge in [-0.25, -0.2) is 5.48 Å². The Kier molecular flexibility index (Phi) is 5.81. The summed E-state index contributed by atoms with van der Waals surface area (Å²) in [5, 5.41) is 20.8. The standard InChI is InChI=1S/C16H17N3O4/c20-15(12-9-5-2-6-10-12)17-14(16(21)19-23)13(18-22)11-7-3-1-4-8-11/h1-10,13-14,18,22-23H,(H,17,20)(H,19,21)/t13-,14+/m0/s1. The second-order valence-corrected chi connectivity index (χ2v) is 4.81. The Bertz CT molecular complexity index is 649. The monoisotopic (exact) mass is 315 g/mol. The van der Waals surface area contributed by atoms with Crippen molar-refractivity contribution in [1.82, 2.24) is 16.3 Å². The van der Waals surface area contributed by atoms with Crippen LogP contribution in [-0.2, 0) is 4.79 Å². The summed E-state index contributed by atoms with van der Waals surface area (Å²) in [6.07, 6.45) is 0. The normalized spacial score (nSPS) is 13.0. The van der Waals surface area contributed by atoms with Crippen LogP contribution in [0.2, 0.25) is 0 Å². The van der Waals surface area contributed by atoms with Crippen molar-refractivity contribution in [3.63, 3.8) is 0 Å². The largest absolute Gasteiger partial charge is 0.338 e. The second kappa shape index (κ2) is 8.04. The van der Waals surface area contributed by atoms with Gasteiger partial charge in [-0.1, -0.05) is 48.5 Å². The molecule has 0 aliphatic rings. The first-order valence-corrected chi connectivity index (χ1v) is 6.91. The molecular weight excluding hydrogens is 298 g/mol. The maximum Gasteiger partial charge on any atom is 0.267 e. The van der Waals surface area contributed by atoms with Gasteiger partial charge >= 0.3 is 0 Å². The lowest BCUT2D eigenvalue weighted by Crippen LogP contribution is -2.52. The van der Waals surface area contributed by atoms with Crippen molar-refractivity contribution in [2.75, 3.05) is 0 Å². The van der Waals surface area contributed by atoms with Crippen LogP contribution in [0.25, 0.3) is 0 Å². The van der Waals surface area contributed by atoms with Gasteiger partial charge in [-0.2, -0.15) is 5.48 Å². The van der Waals surface area contributed by atoms with Crippen molar-refractivity contribution in [2.24, 2.45) is 0 Å². The van der Waals surface area contributed by atoms with E-state index in [1.54, 1.807) is 60.7 Å². The van der Waals surface area contributed by atoms with E-state index in [-0.39, 0.29) is 0 Å². The molecule has 2 aromatic rings. The van der Waals surface area contributed by atoms with Crippen LogP contribution in [0, 0.1) is 0 Å². The first-order chi connectivity index (χ1) is 11.2. The summed E-state index contributed by atoms with van der Waals surface area (Å²) in [4.78, 5) is 24.2. The predicted octanol–water partition coefficient (Wildman–Crippen LogP) is 1.01. The van der Waals surface area contributed by atoms with Crippen molar-refractivity contribution in [1.29, 1.82) is 0 Å². The number of hydrogen-bond acceptors (Lipinski definition) is 5. The number of rotatable bonds is 6. The Morgan fingerprint density at radius 2 is 1.43 bits per heavy atom. The molecule has 23 heavy (non-hydrogen) atoms. The summed E-state index contributed by atoms with van der Waals surface area (Å²) in [6.45, 7) is 0. The summed E-state index contributed by atoms with van der Waals surface area (Å²) < 4.78 is 0. The quantitative estimate of drug-likeness (QED) is 0.404. The van der Waals surface area contributed by atoms with Crippen molar-refractivity contribution >= 4 is 11.8 Å². The molecule has 0 radical (unpaired) electrons. The molecule has 0 bridgehead atoms. The highest BCUT2D eigenvalue weighted by molar-refractivity contribution is 5.97. The highest BCUT2D eigenvalue weighted by Crippen LogP contribution is 2.17. The van der Waals surface area contributed by atoms with E-state index < -0.39 is 23.9 Å². The molecule has 0 aliphatic carbocycles. The smallest absolute Gasteiger partial charge is 0.267 e. The number of amides is 2. The van der Waals surface area contributed by atoms with Crippen LogP contribution in [0.15, 0.2) is 60.7 Å². The number of benzene rings is 2. The van der Waals surface area contributed by atoms with Crippen molar-refractivity contribution in [3.8, 4) is 0 Å². The van der Waals surface area contributed by atoms with Gasteiger partial charge in [-0.05, 0) is 17.7 Å². The fraction of sp³-hybridized carbons (Fsp3) is 0.125. The van der Waals surface area contributed by atoms with Crippen LogP contribution in [0.1, 0.15) is 22.0 Å². The fourth-order valence-electron chi connectivity index (χ4n) is 2.19. The van der Waals surface area contributed by atoms with Crippen LogP contribution >= 0.6 is 0 Å². The molecule has 2 rings (SSSR count). The van der Waals surface area contributed by atoms with Gasteiger partial charge in [0.05, 0.1) is 6.04 Å². The lowest BCUT2D eigenvalue weighted by molar-refractivity contribution is -0.132. The van der Waals surface area contributed by atoms with E-state index in [9.17, 15) is 14.8 Å². The van der Waals surface area contributed by atoms with E-state index in [4.69, 9.17) is 5.21 Å². The summed E-state index contributed by atoms with van der Waals surface area (Å²) in [7, 11) is 0. The summed E-state index contributed by atoms with van der Waals surface area (Å²) >= 11 is 0. The van der Waals surface area contributed by atoms with E-state index in [2.05, 4.69) is 5.32 Å². The van der Waals surface area contributed by atoms with Crippen molar-refractivity contribution < 1.29 is 20.0 Å². The second-order valence-electron chi connectivity index (χ2n) is 4.81. The maximum absolute atomic E-state index is 12.2. The van der Waals surface area contributed by atoms with Gasteiger partial charge in [0.2, 0.25) is 0 Å². The third-order valence-electron chi connectivity index (χ3n) is 3.35. The first kappa shape index (κ1) is 16.6. The van der Waals surface area contributed by atoms with E-state index in [0.29, 0.717) is 11.1 Å². The Morgan fingerprint density at radius 3 is 1.96 bits per heavy atom. The molecule has 0 fully saturated rings. The molecule has 5 N–H and O–H groups in total. The summed E-state index contributed by atoms with van der Waals surface area (Å²) in [5.74, 6) is -1.36. The number of nitrogens with one attached hydrogen (secondary N) is 3. The summed E-state index contributed by atoms with van der Waals surface area (Å²) in [6, 6.07) is 14.8. The zero-order valence-corrected chi connectivity index (χ0v) is 12.1. The summed E-state index contributed by atoms with van der Waals surface area (Å²) in [5.41, 5.74) is 4.43. The van der Waals surface area contributed by atoms with Gasteiger partial charge < -0.3 is 10.5 Å². The Balaban J connectivity index is 2.26. The molecule has 2 aromatic carbocycles. The molecule has 0 unspecified atom stereocenters. The maximum atomic E-state index is 12.2. The predicted molar refractivity (Wildman–Crippen MR) is 81.7 cm³/mol. The molecule has 0 aromatic heterocycles. The number of carbonyl (C=O) groups excluding carboxylic acids is 2. The van der Waals surface area contributed by atoms with E-state index >= 15 is 0 Å². The highest BCUT2D eigenvalue weighted by atomic mass is 16.5. The van der Waals surface area contributed by atoms with Crippen LogP contribution in [-0.4, -0.2) is 28.3 Å². The molecule has 0 heterocycles. The first-order valence-electron chi connectivity index (χ1n) is 6.91. The van der Waals surface area contributed by atoms with E-state index in [1.165, 1.54) is 5.48 Å². The minimum Gasteiger partial charge on any atom is -0.338 e. The Hall–Kier alpha value is -2.74. The van der Waals surface area contributed by atoms with Gasteiger partial charge in [-0.15, -0.1) is 0 Å². The van der Waals surface area contributed by atoms with Gasteiger partial charge in [-0.3, -0.25) is 14.8 Å². The van der Waals surface area contributed by atoms with Gasteiger partial charge in [0.25, 0.3) is 11.8 Å². The number of hydrogen-bond donors (Lipinski definition) is 5. The lowest BCUT2D eigenvalue weighted by Gasteiger charge is -2.25. The van der Waals surface area contributed by atoms with Crippen molar-refractivity contribution in [3.05, 3.63) is 71.8 Å². The molecule has 2 atom stereocenters. The minimum absolute atomic E-state index is 0.355. The molecule has 0 spiro atoms. The molecule has 7 heteroatoms. The fourth-order valence-corrected chi connectivity index (χ4v) is 2.19. The molecule has 2 amide bonds. The Labute approximate surface area is 132 Å². The average molecular weight is 315 g/mol. The zero-order chi connectivity index (χ0) is 16.7. The molecular formula is C16H17N3O4. The lowest BCUT2D eigenvalue weighted by atomic mass is 9.99. The van der Waals surface area contributed by atoms with Gasteiger partial charge in [0, 0.05) is 5.56 Å². The topological polar surface area (TPSA) is 111 Å². The SMILES string of the molecule is O=C(N[C@@H](C(=O)NO)[C@@H](NO)c1ccccc1)c1ccccc1. The highest BCUT2D eigenvalue weighted by Gasteiger charge is 2.31. The molecule has 0 saturated heterocycles. The molecule has 120 valence electrons. The number of carbonyl (C=O) groups is 2. The molecule has 0 saturated carbocycles. The number of hydroxylamine groups is 2. The Morgan fingerprint density at radius 1 is 0.870 bits per heavy atom. The molecule has 7 nitrogen and oxygen atoms in total. The third-order valence-corrected chi connectivity index (χ3v) is 3.35. The average Bonchev–Trinajstić information content (AvgIpc) is 2.62. The van der Waals surface area contributed by atoms with Crippen LogP contribution in [0.5, 0.6) is 0 Å². The minimum atomic E-state index is -1.22. The molecule has 0 aliphatic heterocycles. The van der Waals surface area contributed by atoms with Gasteiger partial charge in [0.15, 0.2) is 0 Å². The van der Waals surface area contributed by atoms with Crippen LogP contribution < -0.4 is 16.3 Å². The zero-order valence-electron chi connectivity index (χ0n) is 12.1. The van der Waals surface area contributed by atoms with Gasteiger partial charge in [0.1, 0.15) is 6.04 Å². The van der Waals surface area contributed by atoms with E-state index in [0.717, 1.165) is 0 Å². The van der Waals surface area contributed by atoms with Crippen molar-refractivity contribution in [2.45, 2.75) is 12.1 Å². The van der Waals surface area contributed by atoms with E-state index in [1.807, 2.05) is 5.48 Å². The van der Waals surface area contributed by atoms with Crippen LogP contribution in [0.3, 0.4) is 0 Å².